The molecule has 0 atom stereocenters. The van der Waals surface area contributed by atoms with Gasteiger partial charge in [-0.2, -0.15) is 0 Å². The van der Waals surface area contributed by atoms with E-state index in [2.05, 4.69) is 15.2 Å². The molecule has 5 nitrogen and oxygen atoms in total. The molecule has 1 saturated carbocycles. The van der Waals surface area contributed by atoms with Crippen molar-refractivity contribution in [2.75, 3.05) is 13.1 Å². The van der Waals surface area contributed by atoms with E-state index in [0.717, 1.165) is 31.7 Å². The summed E-state index contributed by atoms with van der Waals surface area (Å²) in [6, 6.07) is 0.705. The molecule has 1 aliphatic rings. The molecule has 1 heterocycles. The highest BCUT2D eigenvalue weighted by molar-refractivity contribution is 4.93. The van der Waals surface area contributed by atoms with E-state index in [4.69, 9.17) is 5.73 Å². The Hall–Kier alpha value is -0.940. The van der Waals surface area contributed by atoms with Crippen molar-refractivity contribution in [1.29, 1.82) is 0 Å². The number of aromatic nitrogens is 3. The molecule has 0 spiro atoms. The second kappa shape index (κ2) is 7.60. The summed E-state index contributed by atoms with van der Waals surface area (Å²) < 4.78 is 1.78. The third kappa shape index (κ3) is 4.58. The Bertz CT molecular complexity index is 354. The Labute approximate surface area is 116 Å². The first-order valence-corrected chi connectivity index (χ1v) is 7.59. The molecule has 0 amide bonds. The van der Waals surface area contributed by atoms with Gasteiger partial charge in [0.1, 0.15) is 0 Å². The molecule has 0 unspecified atom stereocenters. The van der Waals surface area contributed by atoms with E-state index < -0.39 is 0 Å². The maximum absolute atomic E-state index is 5.68. The lowest BCUT2D eigenvalue weighted by atomic mass is 10.1. The number of nitrogens with zero attached hydrogens (tertiary/aromatic N) is 4. The highest BCUT2D eigenvalue weighted by atomic mass is 15.4. The van der Waals surface area contributed by atoms with Gasteiger partial charge in [0.05, 0.1) is 5.69 Å². The zero-order valence-electron chi connectivity index (χ0n) is 12.1. The fraction of sp³-hybridized carbons (Fsp3) is 0.857. The molecule has 1 aromatic rings. The van der Waals surface area contributed by atoms with Crippen molar-refractivity contribution in [1.82, 2.24) is 19.9 Å². The average Bonchev–Trinajstić information content (AvgIpc) is 2.67. The molecule has 19 heavy (non-hydrogen) atoms. The summed E-state index contributed by atoms with van der Waals surface area (Å²) in [5.74, 6) is 0. The lowest BCUT2D eigenvalue weighted by Crippen LogP contribution is -2.36. The van der Waals surface area contributed by atoms with Crippen molar-refractivity contribution in [2.24, 2.45) is 12.8 Å². The maximum atomic E-state index is 5.68. The summed E-state index contributed by atoms with van der Waals surface area (Å²) in [7, 11) is 1.92. The Morgan fingerprint density at radius 1 is 1.32 bits per heavy atom. The van der Waals surface area contributed by atoms with Gasteiger partial charge in [-0.1, -0.05) is 30.9 Å². The topological polar surface area (TPSA) is 60.0 Å². The predicted octanol–water partition coefficient (Wildman–Crippen LogP) is 1.69. The number of hydrogen-bond donors (Lipinski definition) is 1. The van der Waals surface area contributed by atoms with Crippen molar-refractivity contribution in [3.63, 3.8) is 0 Å². The molecule has 5 heteroatoms. The van der Waals surface area contributed by atoms with Crippen LogP contribution in [0, 0.1) is 0 Å². The number of rotatable bonds is 6. The highest BCUT2D eigenvalue weighted by Gasteiger charge is 2.20. The molecular formula is C14H27N5. The van der Waals surface area contributed by atoms with E-state index >= 15 is 0 Å². The first-order chi connectivity index (χ1) is 9.29. The molecule has 0 aliphatic heterocycles. The number of aryl methyl sites for hydroxylation is 1. The Balaban J connectivity index is 1.97. The van der Waals surface area contributed by atoms with Crippen molar-refractivity contribution in [2.45, 2.75) is 57.5 Å². The largest absolute Gasteiger partial charge is 0.330 e. The van der Waals surface area contributed by atoms with Gasteiger partial charge in [-0.3, -0.25) is 9.58 Å². The molecule has 0 bridgehead atoms. The Morgan fingerprint density at radius 3 is 2.63 bits per heavy atom. The maximum Gasteiger partial charge on any atom is 0.0967 e. The summed E-state index contributed by atoms with van der Waals surface area (Å²) in [5.41, 5.74) is 6.75. The van der Waals surface area contributed by atoms with Crippen LogP contribution in [0.5, 0.6) is 0 Å². The molecule has 1 aromatic heterocycles. The Morgan fingerprint density at radius 2 is 2.05 bits per heavy atom. The minimum atomic E-state index is 0.705. The predicted molar refractivity (Wildman–Crippen MR) is 76.6 cm³/mol. The van der Waals surface area contributed by atoms with Crippen LogP contribution < -0.4 is 5.73 Å². The van der Waals surface area contributed by atoms with Crippen molar-refractivity contribution in [3.8, 4) is 0 Å². The second-order valence-electron chi connectivity index (χ2n) is 5.64. The van der Waals surface area contributed by atoms with Crippen LogP contribution in [0.2, 0.25) is 0 Å². The number of nitrogens with two attached hydrogens (primary N) is 1. The molecule has 1 aliphatic carbocycles. The smallest absolute Gasteiger partial charge is 0.0967 e. The molecule has 0 saturated heterocycles. The molecule has 2 rings (SSSR count). The normalized spacial score (nSPS) is 17.8. The minimum absolute atomic E-state index is 0.705. The van der Waals surface area contributed by atoms with E-state index in [1.54, 1.807) is 4.68 Å². The van der Waals surface area contributed by atoms with Crippen LogP contribution >= 0.6 is 0 Å². The lowest BCUT2D eigenvalue weighted by molar-refractivity contribution is 0.167. The SMILES string of the molecule is Cn1cc(CN(CCCN)C2CCCCCC2)nn1. The lowest BCUT2D eigenvalue weighted by Gasteiger charge is -2.30. The summed E-state index contributed by atoms with van der Waals surface area (Å²) >= 11 is 0. The van der Waals surface area contributed by atoms with E-state index in [1.165, 1.54) is 38.5 Å². The second-order valence-corrected chi connectivity index (χ2v) is 5.64. The van der Waals surface area contributed by atoms with Crippen molar-refractivity contribution < 1.29 is 0 Å². The third-order valence-electron chi connectivity index (χ3n) is 4.01. The van der Waals surface area contributed by atoms with E-state index in [9.17, 15) is 0 Å². The first-order valence-electron chi connectivity index (χ1n) is 7.59. The van der Waals surface area contributed by atoms with Gasteiger partial charge in [0.2, 0.25) is 0 Å². The zero-order chi connectivity index (χ0) is 13.5. The van der Waals surface area contributed by atoms with E-state index in [1.807, 2.05) is 13.2 Å². The van der Waals surface area contributed by atoms with Crippen molar-refractivity contribution >= 4 is 0 Å². The van der Waals surface area contributed by atoms with E-state index in [0.29, 0.717) is 6.04 Å². The van der Waals surface area contributed by atoms with Gasteiger partial charge in [0, 0.05) is 32.4 Å². The molecule has 0 radical (unpaired) electrons. The molecular weight excluding hydrogens is 238 g/mol. The van der Waals surface area contributed by atoms with E-state index in [-0.39, 0.29) is 0 Å². The minimum Gasteiger partial charge on any atom is -0.330 e. The Kier molecular flexibility index (Phi) is 5.79. The van der Waals surface area contributed by atoms with Crippen LogP contribution in [0.3, 0.4) is 0 Å². The summed E-state index contributed by atoms with van der Waals surface area (Å²) in [6.45, 7) is 2.76. The van der Waals surface area contributed by atoms with Crippen LogP contribution in [-0.4, -0.2) is 39.0 Å². The van der Waals surface area contributed by atoms with Gasteiger partial charge in [0.25, 0.3) is 0 Å². The zero-order valence-corrected chi connectivity index (χ0v) is 12.1. The summed E-state index contributed by atoms with van der Waals surface area (Å²) in [4.78, 5) is 2.57. The van der Waals surface area contributed by atoms with Crippen LogP contribution in [0.4, 0.5) is 0 Å². The molecule has 1 fully saturated rings. The van der Waals surface area contributed by atoms with Crippen LogP contribution in [0.1, 0.15) is 50.6 Å². The summed E-state index contributed by atoms with van der Waals surface area (Å²) in [5, 5.41) is 8.25. The van der Waals surface area contributed by atoms with Gasteiger partial charge < -0.3 is 5.73 Å². The average molecular weight is 265 g/mol. The van der Waals surface area contributed by atoms with Gasteiger partial charge in [-0.15, -0.1) is 5.10 Å². The molecule has 2 N–H and O–H groups in total. The quantitative estimate of drug-likeness (QED) is 0.795. The fourth-order valence-electron chi connectivity index (χ4n) is 2.98. The van der Waals surface area contributed by atoms with Gasteiger partial charge in [0.15, 0.2) is 0 Å². The van der Waals surface area contributed by atoms with Gasteiger partial charge in [-0.05, 0) is 25.8 Å². The standard InChI is InChI=1S/C14H27N5/c1-18-11-13(16-17-18)12-19(10-6-9-15)14-7-4-2-3-5-8-14/h11,14H,2-10,12,15H2,1H3. The van der Waals surface area contributed by atoms with Gasteiger partial charge >= 0.3 is 0 Å². The molecule has 108 valence electrons. The summed E-state index contributed by atoms with van der Waals surface area (Å²) in [6.07, 6.45) is 11.3. The fourth-order valence-corrected chi connectivity index (χ4v) is 2.98. The number of hydrogen-bond acceptors (Lipinski definition) is 4. The van der Waals surface area contributed by atoms with Crippen LogP contribution in [-0.2, 0) is 13.6 Å². The van der Waals surface area contributed by atoms with Crippen LogP contribution in [0.15, 0.2) is 6.20 Å². The highest BCUT2D eigenvalue weighted by Crippen LogP contribution is 2.23. The van der Waals surface area contributed by atoms with Gasteiger partial charge in [-0.25, -0.2) is 0 Å². The monoisotopic (exact) mass is 265 g/mol. The molecule has 0 aromatic carbocycles. The first kappa shape index (κ1) is 14.5. The third-order valence-corrected chi connectivity index (χ3v) is 4.01. The van der Waals surface area contributed by atoms with Crippen LogP contribution in [0.25, 0.3) is 0 Å². The van der Waals surface area contributed by atoms with Crippen molar-refractivity contribution in [3.05, 3.63) is 11.9 Å².